The van der Waals surface area contributed by atoms with Gasteiger partial charge in [0, 0.05) is 30.0 Å². The number of rotatable bonds is 5. The molecule has 0 aliphatic carbocycles. The van der Waals surface area contributed by atoms with E-state index in [-0.39, 0.29) is 17.6 Å². The molecule has 2 aromatic rings. The molecule has 6 nitrogen and oxygen atoms in total. The van der Waals surface area contributed by atoms with Crippen LogP contribution >= 0.6 is 11.3 Å². The number of nitrogens with zero attached hydrogens (tertiary/aromatic N) is 2. The van der Waals surface area contributed by atoms with Crippen molar-refractivity contribution in [1.29, 1.82) is 0 Å². The van der Waals surface area contributed by atoms with Gasteiger partial charge in [0.15, 0.2) is 5.13 Å². The Kier molecular flexibility index (Phi) is 6.21. The first-order valence-electron chi connectivity index (χ1n) is 9.53. The highest BCUT2D eigenvalue weighted by Gasteiger charge is 2.30. The minimum Gasteiger partial charge on any atom is -0.302 e. The predicted octanol–water partition coefficient (Wildman–Crippen LogP) is 3.74. The van der Waals surface area contributed by atoms with E-state index >= 15 is 0 Å². The Morgan fingerprint density at radius 3 is 2.39 bits per heavy atom. The van der Waals surface area contributed by atoms with E-state index in [0.717, 1.165) is 11.3 Å². The summed E-state index contributed by atoms with van der Waals surface area (Å²) in [5.41, 5.74) is 5.55. The maximum absolute atomic E-state index is 12.6. The number of amides is 1. The number of benzene rings is 1. The van der Waals surface area contributed by atoms with Gasteiger partial charge in [-0.3, -0.25) is 4.79 Å². The lowest BCUT2D eigenvalue weighted by Crippen LogP contribution is -2.42. The lowest BCUT2D eigenvalue weighted by atomic mass is 9.97. The lowest BCUT2D eigenvalue weighted by molar-refractivity contribution is -0.120. The van der Waals surface area contributed by atoms with Crippen molar-refractivity contribution in [2.75, 3.05) is 24.2 Å². The van der Waals surface area contributed by atoms with E-state index in [1.807, 2.05) is 5.38 Å². The summed E-state index contributed by atoms with van der Waals surface area (Å²) in [4.78, 5) is 17.2. The highest BCUT2D eigenvalue weighted by molar-refractivity contribution is 7.89. The van der Waals surface area contributed by atoms with Gasteiger partial charge in [-0.15, -0.1) is 11.3 Å². The Balaban J connectivity index is 1.66. The van der Waals surface area contributed by atoms with E-state index in [1.54, 1.807) is 6.92 Å². The quantitative estimate of drug-likeness (QED) is 0.798. The third-order valence-corrected chi connectivity index (χ3v) is 7.89. The number of anilines is 1. The predicted molar refractivity (Wildman–Crippen MR) is 114 cm³/mol. The molecule has 8 heteroatoms. The van der Waals surface area contributed by atoms with Crippen molar-refractivity contribution in [3.05, 3.63) is 34.2 Å². The smallest absolute Gasteiger partial charge is 0.229 e. The number of nitrogens with one attached hydrogen (secondary N) is 1. The molecular weight excluding hydrogens is 394 g/mol. The van der Waals surface area contributed by atoms with Gasteiger partial charge < -0.3 is 5.32 Å². The molecule has 28 heavy (non-hydrogen) atoms. The molecule has 1 N–H and O–H groups in total. The van der Waals surface area contributed by atoms with E-state index in [1.165, 1.54) is 32.3 Å². The first-order chi connectivity index (χ1) is 13.2. The SMILES string of the molecule is CCS(=O)(=O)N1CCC(C(=O)Nc2nc(-c3c(C)cc(C)cc3C)cs2)CC1. The molecule has 0 atom stereocenters. The average Bonchev–Trinajstić information content (AvgIpc) is 3.08. The van der Waals surface area contributed by atoms with E-state index < -0.39 is 10.0 Å². The van der Waals surface area contributed by atoms with Gasteiger partial charge in [-0.25, -0.2) is 17.7 Å². The van der Waals surface area contributed by atoms with E-state index in [2.05, 4.69) is 43.2 Å². The maximum atomic E-state index is 12.6. The van der Waals surface area contributed by atoms with Crippen LogP contribution < -0.4 is 5.32 Å². The van der Waals surface area contributed by atoms with Gasteiger partial charge in [0.2, 0.25) is 15.9 Å². The molecule has 1 aliphatic rings. The first kappa shape index (κ1) is 21.0. The summed E-state index contributed by atoms with van der Waals surface area (Å²) in [5.74, 6) is -0.158. The van der Waals surface area contributed by atoms with Crippen LogP contribution in [0.2, 0.25) is 0 Å². The molecule has 1 aliphatic heterocycles. The van der Waals surface area contributed by atoms with Crippen LogP contribution in [0, 0.1) is 26.7 Å². The van der Waals surface area contributed by atoms with Gasteiger partial charge in [0.1, 0.15) is 0 Å². The fourth-order valence-electron chi connectivity index (χ4n) is 3.82. The zero-order valence-corrected chi connectivity index (χ0v) is 18.4. The molecule has 1 saturated heterocycles. The van der Waals surface area contributed by atoms with Crippen LogP contribution in [0.1, 0.15) is 36.5 Å². The van der Waals surface area contributed by atoms with Crippen molar-refractivity contribution in [2.24, 2.45) is 5.92 Å². The Labute approximate surface area is 171 Å². The summed E-state index contributed by atoms with van der Waals surface area (Å²) in [6.45, 7) is 8.67. The van der Waals surface area contributed by atoms with Crippen LogP contribution in [-0.2, 0) is 14.8 Å². The summed E-state index contributed by atoms with van der Waals surface area (Å²) in [6, 6.07) is 4.27. The minimum atomic E-state index is -3.18. The molecule has 2 heterocycles. The van der Waals surface area contributed by atoms with Crippen LogP contribution in [-0.4, -0.2) is 42.5 Å². The Morgan fingerprint density at radius 2 is 1.82 bits per heavy atom. The second-order valence-electron chi connectivity index (χ2n) is 7.37. The van der Waals surface area contributed by atoms with Crippen LogP contribution in [0.4, 0.5) is 5.13 Å². The Morgan fingerprint density at radius 1 is 1.21 bits per heavy atom. The van der Waals surface area contributed by atoms with Gasteiger partial charge in [0.05, 0.1) is 11.4 Å². The molecule has 1 aromatic heterocycles. The molecular formula is C20H27N3O3S2. The van der Waals surface area contributed by atoms with E-state index in [4.69, 9.17) is 0 Å². The van der Waals surface area contributed by atoms with Gasteiger partial charge in [-0.05, 0) is 51.7 Å². The van der Waals surface area contributed by atoms with Crippen molar-refractivity contribution in [2.45, 2.75) is 40.5 Å². The van der Waals surface area contributed by atoms with Crippen molar-refractivity contribution >= 4 is 32.4 Å². The maximum Gasteiger partial charge on any atom is 0.229 e. The summed E-state index contributed by atoms with van der Waals surface area (Å²) in [5, 5.41) is 5.48. The second kappa shape index (κ2) is 8.31. The topological polar surface area (TPSA) is 79.4 Å². The zero-order chi connectivity index (χ0) is 20.5. The van der Waals surface area contributed by atoms with Gasteiger partial charge in [-0.2, -0.15) is 0 Å². The minimum absolute atomic E-state index is 0.0770. The number of hydrogen-bond donors (Lipinski definition) is 1. The summed E-state index contributed by atoms with van der Waals surface area (Å²) < 4.78 is 25.4. The number of aryl methyl sites for hydroxylation is 3. The molecule has 0 spiro atoms. The molecule has 3 rings (SSSR count). The highest BCUT2D eigenvalue weighted by atomic mass is 32.2. The summed E-state index contributed by atoms with van der Waals surface area (Å²) >= 11 is 1.42. The molecule has 0 saturated carbocycles. The number of carbonyl (C=O) groups is 1. The molecule has 0 radical (unpaired) electrons. The third kappa shape index (κ3) is 4.45. The van der Waals surface area contributed by atoms with E-state index in [0.29, 0.717) is 31.1 Å². The molecule has 152 valence electrons. The van der Waals surface area contributed by atoms with Gasteiger partial charge >= 0.3 is 0 Å². The number of thiazole rings is 1. The largest absolute Gasteiger partial charge is 0.302 e. The van der Waals surface area contributed by atoms with Crippen LogP contribution in [0.25, 0.3) is 11.3 Å². The second-order valence-corrected chi connectivity index (χ2v) is 10.5. The fourth-order valence-corrected chi connectivity index (χ4v) is 5.65. The number of hydrogen-bond acceptors (Lipinski definition) is 5. The molecule has 1 fully saturated rings. The molecule has 0 bridgehead atoms. The van der Waals surface area contributed by atoms with Gasteiger partial charge in [-0.1, -0.05) is 17.7 Å². The van der Waals surface area contributed by atoms with Crippen LogP contribution in [0.15, 0.2) is 17.5 Å². The van der Waals surface area contributed by atoms with Crippen LogP contribution in [0.3, 0.4) is 0 Å². The van der Waals surface area contributed by atoms with Crippen molar-refractivity contribution in [3.63, 3.8) is 0 Å². The molecule has 1 aromatic carbocycles. The Bertz CT molecular complexity index is 951. The number of piperidine rings is 1. The lowest BCUT2D eigenvalue weighted by Gasteiger charge is -2.30. The highest BCUT2D eigenvalue weighted by Crippen LogP contribution is 2.31. The third-order valence-electron chi connectivity index (χ3n) is 5.25. The fraction of sp³-hybridized carbons (Fsp3) is 0.500. The normalized spacial score (nSPS) is 16.3. The van der Waals surface area contributed by atoms with Crippen molar-refractivity contribution < 1.29 is 13.2 Å². The first-order valence-corrected chi connectivity index (χ1v) is 12.0. The summed E-state index contributed by atoms with van der Waals surface area (Å²) in [7, 11) is -3.18. The van der Waals surface area contributed by atoms with E-state index in [9.17, 15) is 13.2 Å². The number of sulfonamides is 1. The standard InChI is InChI=1S/C20H27N3O3S2/c1-5-28(25,26)23-8-6-16(7-9-23)19(24)22-20-21-17(12-27-20)18-14(3)10-13(2)11-15(18)4/h10-12,16H,5-9H2,1-4H3,(H,21,22,24). The van der Waals surface area contributed by atoms with Crippen molar-refractivity contribution in [3.8, 4) is 11.3 Å². The summed E-state index contributed by atoms with van der Waals surface area (Å²) in [6.07, 6.45) is 1.08. The average molecular weight is 422 g/mol. The molecule has 0 unspecified atom stereocenters. The number of aromatic nitrogens is 1. The molecule has 1 amide bonds. The van der Waals surface area contributed by atoms with Gasteiger partial charge in [0.25, 0.3) is 0 Å². The zero-order valence-electron chi connectivity index (χ0n) is 16.8. The number of carbonyl (C=O) groups excluding carboxylic acids is 1. The van der Waals surface area contributed by atoms with Crippen molar-refractivity contribution in [1.82, 2.24) is 9.29 Å². The van der Waals surface area contributed by atoms with Crippen LogP contribution in [0.5, 0.6) is 0 Å². The monoisotopic (exact) mass is 421 g/mol. The Hall–Kier alpha value is -1.77.